The Bertz CT molecular complexity index is 922. The number of hydrogen-bond acceptors (Lipinski definition) is 6. The summed E-state index contributed by atoms with van der Waals surface area (Å²) < 4.78 is 30.4. The fourth-order valence-corrected chi connectivity index (χ4v) is 4.34. The van der Waals surface area contributed by atoms with Gasteiger partial charge < -0.3 is 9.84 Å². The summed E-state index contributed by atoms with van der Waals surface area (Å²) in [7, 11) is -3.35. The Hall–Kier alpha value is -2.42. The van der Waals surface area contributed by atoms with Gasteiger partial charge in [-0.3, -0.25) is 9.10 Å². The summed E-state index contributed by atoms with van der Waals surface area (Å²) in [5.74, 6) is 0.559. The van der Waals surface area contributed by atoms with Gasteiger partial charge in [0.15, 0.2) is 5.82 Å². The van der Waals surface area contributed by atoms with E-state index < -0.39 is 16.1 Å². The summed E-state index contributed by atoms with van der Waals surface area (Å²) in [5, 5.41) is 6.51. The molecule has 0 saturated heterocycles. The van der Waals surface area contributed by atoms with Crippen molar-refractivity contribution in [2.75, 3.05) is 10.6 Å². The Labute approximate surface area is 146 Å². The lowest BCUT2D eigenvalue weighted by molar-refractivity contribution is 0.0932. The third-order valence-electron chi connectivity index (χ3n) is 4.11. The van der Waals surface area contributed by atoms with E-state index in [9.17, 15) is 13.2 Å². The number of aromatic nitrogens is 2. The molecule has 1 aromatic heterocycles. The van der Waals surface area contributed by atoms with Crippen LogP contribution in [0.1, 0.15) is 47.5 Å². The number of hydrogen-bond donors (Lipinski definition) is 1. The van der Waals surface area contributed by atoms with Crippen molar-refractivity contribution >= 4 is 21.6 Å². The molecule has 134 valence electrons. The molecule has 2 heterocycles. The SMILES string of the molecule is Cc1noc(C(C)NC(=O)c2ccc3c(c2)CC(C)N3S(C)(=O)=O)n1. The van der Waals surface area contributed by atoms with Crippen LogP contribution in [0, 0.1) is 6.92 Å². The Balaban J connectivity index is 1.81. The molecule has 8 nitrogen and oxygen atoms in total. The molecule has 2 atom stereocenters. The second-order valence-corrected chi connectivity index (χ2v) is 8.19. The predicted octanol–water partition coefficient (Wildman–Crippen LogP) is 1.58. The first-order valence-electron chi connectivity index (χ1n) is 7.90. The molecule has 2 aromatic rings. The number of aryl methyl sites for hydroxylation is 1. The van der Waals surface area contributed by atoms with E-state index in [2.05, 4.69) is 15.5 Å². The second kappa shape index (κ2) is 6.14. The molecule has 0 fully saturated rings. The first kappa shape index (κ1) is 17.4. The molecule has 25 heavy (non-hydrogen) atoms. The van der Waals surface area contributed by atoms with Crippen LogP contribution in [0.25, 0.3) is 0 Å². The number of anilines is 1. The highest BCUT2D eigenvalue weighted by Crippen LogP contribution is 2.34. The average Bonchev–Trinajstić information content (AvgIpc) is 3.08. The van der Waals surface area contributed by atoms with Crippen LogP contribution in [-0.2, 0) is 16.4 Å². The predicted molar refractivity (Wildman–Crippen MR) is 91.8 cm³/mol. The van der Waals surface area contributed by atoms with Crippen LogP contribution in [0.2, 0.25) is 0 Å². The molecule has 9 heteroatoms. The van der Waals surface area contributed by atoms with Crippen LogP contribution in [0.5, 0.6) is 0 Å². The molecule has 1 aliphatic rings. The van der Waals surface area contributed by atoms with Gasteiger partial charge in [-0.15, -0.1) is 0 Å². The molecule has 3 rings (SSSR count). The lowest BCUT2D eigenvalue weighted by Gasteiger charge is -2.22. The van der Waals surface area contributed by atoms with E-state index in [-0.39, 0.29) is 11.9 Å². The van der Waals surface area contributed by atoms with Gasteiger partial charge in [-0.25, -0.2) is 8.42 Å². The normalized spacial score (nSPS) is 18.1. The molecule has 2 unspecified atom stereocenters. The number of nitrogens with zero attached hydrogens (tertiary/aromatic N) is 3. The Morgan fingerprint density at radius 1 is 1.44 bits per heavy atom. The van der Waals surface area contributed by atoms with Crippen molar-refractivity contribution in [1.29, 1.82) is 0 Å². The molecule has 1 aromatic carbocycles. The van der Waals surface area contributed by atoms with Crippen molar-refractivity contribution in [1.82, 2.24) is 15.5 Å². The number of nitrogens with one attached hydrogen (secondary N) is 1. The number of fused-ring (bicyclic) bond motifs is 1. The highest BCUT2D eigenvalue weighted by Gasteiger charge is 2.32. The lowest BCUT2D eigenvalue weighted by atomic mass is 10.1. The maximum Gasteiger partial charge on any atom is 0.251 e. The smallest absolute Gasteiger partial charge is 0.251 e. The van der Waals surface area contributed by atoms with Crippen LogP contribution in [-0.4, -0.2) is 36.8 Å². The van der Waals surface area contributed by atoms with Crippen molar-refractivity contribution in [3.8, 4) is 0 Å². The van der Waals surface area contributed by atoms with Crippen molar-refractivity contribution < 1.29 is 17.7 Å². The molecule has 0 aliphatic carbocycles. The lowest BCUT2D eigenvalue weighted by Crippen LogP contribution is -2.34. The first-order valence-corrected chi connectivity index (χ1v) is 9.75. The monoisotopic (exact) mass is 364 g/mol. The summed E-state index contributed by atoms with van der Waals surface area (Å²) in [6.45, 7) is 5.31. The maximum absolute atomic E-state index is 12.5. The van der Waals surface area contributed by atoms with Crippen molar-refractivity contribution in [2.45, 2.75) is 39.3 Å². The minimum atomic E-state index is -3.35. The highest BCUT2D eigenvalue weighted by atomic mass is 32.2. The zero-order valence-corrected chi connectivity index (χ0v) is 15.3. The third-order valence-corrected chi connectivity index (χ3v) is 5.38. The average molecular weight is 364 g/mol. The molecular weight excluding hydrogens is 344 g/mol. The zero-order valence-electron chi connectivity index (χ0n) is 14.5. The van der Waals surface area contributed by atoms with Crippen LogP contribution in [0.15, 0.2) is 22.7 Å². The fourth-order valence-electron chi connectivity index (χ4n) is 3.08. The number of benzene rings is 1. The number of amides is 1. The topological polar surface area (TPSA) is 105 Å². The molecule has 0 bridgehead atoms. The van der Waals surface area contributed by atoms with Gasteiger partial charge in [0.05, 0.1) is 11.9 Å². The van der Waals surface area contributed by atoms with E-state index in [1.165, 1.54) is 10.6 Å². The Morgan fingerprint density at radius 2 is 2.16 bits per heavy atom. The molecule has 0 saturated carbocycles. The van der Waals surface area contributed by atoms with Gasteiger partial charge in [0, 0.05) is 11.6 Å². The van der Waals surface area contributed by atoms with Crippen molar-refractivity contribution in [2.24, 2.45) is 0 Å². The van der Waals surface area contributed by atoms with E-state index in [4.69, 9.17) is 4.52 Å². The molecular formula is C16H20N4O4S. The molecule has 0 spiro atoms. The number of sulfonamides is 1. The molecule has 1 amide bonds. The van der Waals surface area contributed by atoms with Gasteiger partial charge in [0.2, 0.25) is 15.9 Å². The fraction of sp³-hybridized carbons (Fsp3) is 0.438. The van der Waals surface area contributed by atoms with Gasteiger partial charge in [-0.05, 0) is 51.0 Å². The van der Waals surface area contributed by atoms with Gasteiger partial charge in [0.25, 0.3) is 5.91 Å². The largest absolute Gasteiger partial charge is 0.341 e. The Kier molecular flexibility index (Phi) is 4.28. The standard InChI is InChI=1S/C16H20N4O4S/c1-9-7-13-8-12(5-6-14(13)20(9)25(4,22)23)15(21)17-10(2)16-18-11(3)19-24-16/h5-6,8-10H,7H2,1-4H3,(H,17,21). The quantitative estimate of drug-likeness (QED) is 0.883. The number of carbonyl (C=O) groups is 1. The molecule has 0 radical (unpaired) electrons. The van der Waals surface area contributed by atoms with Crippen LogP contribution < -0.4 is 9.62 Å². The minimum absolute atomic E-state index is 0.163. The Morgan fingerprint density at radius 3 is 2.76 bits per heavy atom. The first-order chi connectivity index (χ1) is 11.7. The van der Waals surface area contributed by atoms with Gasteiger partial charge >= 0.3 is 0 Å². The van der Waals surface area contributed by atoms with Gasteiger partial charge in [-0.2, -0.15) is 4.98 Å². The van der Waals surface area contributed by atoms with E-state index in [0.29, 0.717) is 29.4 Å². The summed E-state index contributed by atoms with van der Waals surface area (Å²) >= 11 is 0. The van der Waals surface area contributed by atoms with Gasteiger partial charge in [-0.1, -0.05) is 5.16 Å². The van der Waals surface area contributed by atoms with E-state index in [0.717, 1.165) is 5.56 Å². The van der Waals surface area contributed by atoms with Gasteiger partial charge in [0.1, 0.15) is 6.04 Å². The van der Waals surface area contributed by atoms with Crippen LogP contribution in [0.3, 0.4) is 0 Å². The number of carbonyl (C=O) groups excluding carboxylic acids is 1. The summed E-state index contributed by atoms with van der Waals surface area (Å²) in [6.07, 6.45) is 1.76. The van der Waals surface area contributed by atoms with E-state index in [1.54, 1.807) is 32.0 Å². The van der Waals surface area contributed by atoms with Crippen molar-refractivity contribution in [3.63, 3.8) is 0 Å². The molecule has 1 N–H and O–H groups in total. The van der Waals surface area contributed by atoms with E-state index in [1.807, 2.05) is 6.92 Å². The van der Waals surface area contributed by atoms with Crippen LogP contribution in [0.4, 0.5) is 5.69 Å². The zero-order chi connectivity index (χ0) is 18.4. The minimum Gasteiger partial charge on any atom is -0.341 e. The maximum atomic E-state index is 12.5. The molecule has 1 aliphatic heterocycles. The second-order valence-electron chi connectivity index (χ2n) is 6.33. The number of rotatable bonds is 4. The third kappa shape index (κ3) is 3.37. The van der Waals surface area contributed by atoms with Crippen molar-refractivity contribution in [3.05, 3.63) is 41.0 Å². The van der Waals surface area contributed by atoms with Crippen LogP contribution >= 0.6 is 0 Å². The van der Waals surface area contributed by atoms with E-state index >= 15 is 0 Å². The summed E-state index contributed by atoms with van der Waals surface area (Å²) in [6, 6.07) is 4.45. The summed E-state index contributed by atoms with van der Waals surface area (Å²) in [4.78, 5) is 16.6. The summed E-state index contributed by atoms with van der Waals surface area (Å²) in [5.41, 5.74) is 1.93. The highest BCUT2D eigenvalue weighted by molar-refractivity contribution is 7.92.